The number of pyridine rings is 1. The van der Waals surface area contributed by atoms with E-state index in [1.165, 1.54) is 0 Å². The van der Waals surface area contributed by atoms with Gasteiger partial charge in [-0.15, -0.1) is 0 Å². The molecule has 0 bridgehead atoms. The van der Waals surface area contributed by atoms with Gasteiger partial charge < -0.3 is 10.7 Å². The second kappa shape index (κ2) is 3.66. The number of hydrogen-bond acceptors (Lipinski definition) is 3. The fraction of sp³-hybridized carbons (Fsp3) is 0.200. The molecule has 0 aromatic carbocycles. The zero-order valence-corrected chi connectivity index (χ0v) is 10.1. The number of nitrogen functional groups attached to an aromatic ring is 1. The number of anilines is 1. The van der Waals surface area contributed by atoms with Gasteiger partial charge in [0.2, 0.25) is 0 Å². The normalized spacial score (nSPS) is 10.6. The van der Waals surface area contributed by atoms with Crippen LogP contribution < -0.4 is 5.73 Å². The number of aromatic nitrogens is 3. The molecule has 2 aromatic heterocycles. The third-order valence-corrected chi connectivity index (χ3v) is 2.96. The predicted octanol–water partition coefficient (Wildman–Crippen LogP) is 2.43. The molecular formula is C10H11BrN4. The smallest absolute Gasteiger partial charge is 0.140 e. The summed E-state index contributed by atoms with van der Waals surface area (Å²) in [6.07, 6.45) is 1.70. The lowest BCUT2D eigenvalue weighted by atomic mass is 10.2. The van der Waals surface area contributed by atoms with Gasteiger partial charge in [-0.25, -0.2) is 9.97 Å². The molecule has 0 aliphatic rings. The maximum Gasteiger partial charge on any atom is 0.140 e. The number of H-pyrrole nitrogens is 1. The lowest BCUT2D eigenvalue weighted by molar-refractivity contribution is 1.22. The standard InChI is InChI=1S/C10H11BrN4/c1-5-6(2)15-10(14-5)7-3-4-13-9(11)8(7)12/h3-4H,12H2,1-2H3,(H,14,15). The molecule has 0 atom stereocenters. The topological polar surface area (TPSA) is 67.6 Å². The number of hydrogen-bond donors (Lipinski definition) is 2. The molecule has 5 heteroatoms. The van der Waals surface area contributed by atoms with Crippen molar-refractivity contribution in [2.45, 2.75) is 13.8 Å². The molecular weight excluding hydrogens is 256 g/mol. The van der Waals surface area contributed by atoms with Crippen LogP contribution in [0.15, 0.2) is 16.9 Å². The summed E-state index contributed by atoms with van der Waals surface area (Å²) in [6.45, 7) is 3.94. The van der Waals surface area contributed by atoms with Crippen molar-refractivity contribution in [2.75, 3.05) is 5.73 Å². The number of aromatic amines is 1. The second-order valence-electron chi connectivity index (χ2n) is 3.36. The summed E-state index contributed by atoms with van der Waals surface area (Å²) in [7, 11) is 0. The monoisotopic (exact) mass is 266 g/mol. The Morgan fingerprint density at radius 2 is 2.13 bits per heavy atom. The summed E-state index contributed by atoms with van der Waals surface area (Å²) in [5.74, 6) is 0.783. The molecule has 2 rings (SSSR count). The third-order valence-electron chi connectivity index (χ3n) is 2.32. The van der Waals surface area contributed by atoms with Crippen LogP contribution in [0.5, 0.6) is 0 Å². The van der Waals surface area contributed by atoms with Crippen molar-refractivity contribution in [1.29, 1.82) is 0 Å². The molecule has 0 radical (unpaired) electrons. The van der Waals surface area contributed by atoms with Crippen molar-refractivity contribution in [3.8, 4) is 11.4 Å². The second-order valence-corrected chi connectivity index (χ2v) is 4.11. The van der Waals surface area contributed by atoms with Crippen molar-refractivity contribution < 1.29 is 0 Å². The molecule has 15 heavy (non-hydrogen) atoms. The Hall–Kier alpha value is -1.36. The quantitative estimate of drug-likeness (QED) is 0.780. The number of rotatable bonds is 1. The van der Waals surface area contributed by atoms with E-state index in [9.17, 15) is 0 Å². The maximum atomic E-state index is 5.90. The highest BCUT2D eigenvalue weighted by Crippen LogP contribution is 2.28. The van der Waals surface area contributed by atoms with Crippen LogP contribution >= 0.6 is 15.9 Å². The minimum Gasteiger partial charge on any atom is -0.396 e. The van der Waals surface area contributed by atoms with E-state index in [0.29, 0.717) is 10.3 Å². The Bertz CT molecular complexity index is 485. The Morgan fingerprint density at radius 3 is 2.73 bits per heavy atom. The van der Waals surface area contributed by atoms with E-state index >= 15 is 0 Å². The maximum absolute atomic E-state index is 5.90. The minimum atomic E-state index is 0.603. The van der Waals surface area contributed by atoms with E-state index in [1.54, 1.807) is 6.20 Å². The molecule has 0 fully saturated rings. The predicted molar refractivity (Wildman–Crippen MR) is 63.4 cm³/mol. The van der Waals surface area contributed by atoms with Gasteiger partial charge in [0, 0.05) is 17.5 Å². The van der Waals surface area contributed by atoms with Crippen molar-refractivity contribution >= 4 is 21.6 Å². The highest BCUT2D eigenvalue weighted by molar-refractivity contribution is 9.10. The van der Waals surface area contributed by atoms with Crippen LogP contribution in [-0.2, 0) is 0 Å². The van der Waals surface area contributed by atoms with Gasteiger partial charge in [-0.2, -0.15) is 0 Å². The minimum absolute atomic E-state index is 0.603. The van der Waals surface area contributed by atoms with Crippen LogP contribution in [0, 0.1) is 13.8 Å². The number of nitrogens with one attached hydrogen (secondary N) is 1. The van der Waals surface area contributed by atoms with E-state index in [4.69, 9.17) is 5.73 Å². The molecule has 0 aliphatic carbocycles. The highest BCUT2D eigenvalue weighted by atomic mass is 79.9. The zero-order chi connectivity index (χ0) is 11.0. The zero-order valence-electron chi connectivity index (χ0n) is 8.50. The summed E-state index contributed by atoms with van der Waals surface area (Å²) in [5.41, 5.74) is 9.41. The summed E-state index contributed by atoms with van der Waals surface area (Å²) >= 11 is 3.29. The van der Waals surface area contributed by atoms with Crippen LogP contribution in [-0.4, -0.2) is 15.0 Å². The van der Waals surface area contributed by atoms with Gasteiger partial charge in [0.25, 0.3) is 0 Å². The molecule has 2 aromatic rings. The van der Waals surface area contributed by atoms with Crippen molar-refractivity contribution in [3.05, 3.63) is 28.3 Å². The average molecular weight is 267 g/mol. The number of imidazole rings is 1. The third kappa shape index (κ3) is 1.74. The number of nitrogens with zero attached hydrogens (tertiary/aromatic N) is 2. The highest BCUT2D eigenvalue weighted by Gasteiger charge is 2.10. The van der Waals surface area contributed by atoms with Crippen LogP contribution in [0.1, 0.15) is 11.4 Å². The first-order valence-corrected chi connectivity index (χ1v) is 5.32. The Labute approximate surface area is 96.1 Å². The number of nitrogens with two attached hydrogens (primary N) is 1. The lowest BCUT2D eigenvalue weighted by Crippen LogP contribution is -1.94. The average Bonchev–Trinajstić information content (AvgIpc) is 2.51. The molecule has 0 unspecified atom stereocenters. The fourth-order valence-electron chi connectivity index (χ4n) is 1.33. The Kier molecular flexibility index (Phi) is 2.48. The number of halogens is 1. The Morgan fingerprint density at radius 1 is 1.40 bits per heavy atom. The van der Waals surface area contributed by atoms with Gasteiger partial charge in [-0.1, -0.05) is 0 Å². The van der Waals surface area contributed by atoms with E-state index in [1.807, 2.05) is 19.9 Å². The first-order valence-electron chi connectivity index (χ1n) is 4.53. The molecule has 0 aliphatic heterocycles. The van der Waals surface area contributed by atoms with E-state index < -0.39 is 0 Å². The van der Waals surface area contributed by atoms with E-state index in [2.05, 4.69) is 30.9 Å². The SMILES string of the molecule is Cc1nc(-c2ccnc(Br)c2N)[nH]c1C. The van der Waals surface area contributed by atoms with Crippen LogP contribution in [0.4, 0.5) is 5.69 Å². The fourth-order valence-corrected chi connectivity index (χ4v) is 1.66. The van der Waals surface area contributed by atoms with Crippen LogP contribution in [0.25, 0.3) is 11.4 Å². The van der Waals surface area contributed by atoms with Crippen LogP contribution in [0.2, 0.25) is 0 Å². The summed E-state index contributed by atoms with van der Waals surface area (Å²) < 4.78 is 0.645. The molecule has 0 saturated carbocycles. The Balaban J connectivity index is 2.59. The van der Waals surface area contributed by atoms with Gasteiger partial charge in [0.05, 0.1) is 11.4 Å². The van der Waals surface area contributed by atoms with Gasteiger partial charge in [0.1, 0.15) is 10.4 Å². The molecule has 2 heterocycles. The number of aryl methyl sites for hydroxylation is 2. The van der Waals surface area contributed by atoms with E-state index in [-0.39, 0.29) is 0 Å². The van der Waals surface area contributed by atoms with Crippen molar-refractivity contribution in [2.24, 2.45) is 0 Å². The molecule has 78 valence electrons. The summed E-state index contributed by atoms with van der Waals surface area (Å²) in [5, 5.41) is 0. The molecule has 0 saturated heterocycles. The van der Waals surface area contributed by atoms with Gasteiger partial charge in [0.15, 0.2) is 0 Å². The molecule has 4 nitrogen and oxygen atoms in total. The first-order chi connectivity index (χ1) is 7.09. The van der Waals surface area contributed by atoms with E-state index in [0.717, 1.165) is 22.8 Å². The molecule has 0 spiro atoms. The van der Waals surface area contributed by atoms with Gasteiger partial charge in [-0.05, 0) is 35.8 Å². The van der Waals surface area contributed by atoms with Crippen molar-refractivity contribution in [3.63, 3.8) is 0 Å². The largest absolute Gasteiger partial charge is 0.396 e. The summed E-state index contributed by atoms with van der Waals surface area (Å²) in [6, 6.07) is 1.85. The lowest BCUT2D eigenvalue weighted by Gasteiger charge is -2.02. The molecule has 0 amide bonds. The summed E-state index contributed by atoms with van der Waals surface area (Å²) in [4.78, 5) is 11.6. The first kappa shape index (κ1) is 10.2. The van der Waals surface area contributed by atoms with Crippen LogP contribution in [0.3, 0.4) is 0 Å². The van der Waals surface area contributed by atoms with Crippen molar-refractivity contribution in [1.82, 2.24) is 15.0 Å². The van der Waals surface area contributed by atoms with Gasteiger partial charge >= 0.3 is 0 Å². The molecule has 3 N–H and O–H groups in total. The van der Waals surface area contributed by atoms with Gasteiger partial charge in [-0.3, -0.25) is 0 Å².